The van der Waals surface area contributed by atoms with Crippen molar-refractivity contribution in [1.82, 2.24) is 4.57 Å². The van der Waals surface area contributed by atoms with Crippen molar-refractivity contribution in [3.05, 3.63) is 34.0 Å². The molecule has 0 amide bonds. The number of nitrogens with zero attached hydrogens (tertiary/aromatic N) is 2. The van der Waals surface area contributed by atoms with Crippen LogP contribution < -0.4 is 5.73 Å². The number of methoxy groups -OCH3 is 2. The number of benzene rings is 1. The quantitative estimate of drug-likeness (QED) is 0.362. The van der Waals surface area contributed by atoms with Crippen molar-refractivity contribution >= 4 is 28.2 Å². The minimum atomic E-state index is -0.723. The number of carbonyl (C=O) groups excluding carboxylic acids is 1. The molecular formula is C17H23N3O6. The lowest BCUT2D eigenvalue weighted by Gasteiger charge is -2.21. The first-order valence-corrected chi connectivity index (χ1v) is 7.94. The van der Waals surface area contributed by atoms with Crippen LogP contribution in [0.4, 0.5) is 11.4 Å². The third-order valence-corrected chi connectivity index (χ3v) is 3.75. The van der Waals surface area contributed by atoms with Gasteiger partial charge in [-0.15, -0.1) is 0 Å². The Hall–Kier alpha value is -2.65. The molecule has 9 heteroatoms. The Morgan fingerprint density at radius 3 is 2.42 bits per heavy atom. The van der Waals surface area contributed by atoms with Gasteiger partial charge in [-0.05, 0) is 26.8 Å². The highest BCUT2D eigenvalue weighted by Gasteiger charge is 2.28. The lowest BCUT2D eigenvalue weighted by atomic mass is 10.2. The number of nitrogen functional groups attached to an aromatic ring is 1. The van der Waals surface area contributed by atoms with Gasteiger partial charge in [0.05, 0.1) is 22.7 Å². The topological polar surface area (TPSA) is 119 Å². The maximum atomic E-state index is 12.7. The highest BCUT2D eigenvalue weighted by atomic mass is 16.7. The highest BCUT2D eigenvalue weighted by Crippen LogP contribution is 2.33. The molecule has 26 heavy (non-hydrogen) atoms. The standard InChI is InChI=1S/C17H23N3O6/c1-17(2,3)26-16(21)15-14(18)11-8-10(20(22)23)6-7-12(11)19(15)9-13(24-4)25-5/h6-8,13H,9,18H2,1-5H3. The number of nitro groups is 1. The van der Waals surface area contributed by atoms with Gasteiger partial charge in [0.1, 0.15) is 5.60 Å². The minimum Gasteiger partial charge on any atom is -0.455 e. The van der Waals surface area contributed by atoms with E-state index in [0.29, 0.717) is 10.9 Å². The summed E-state index contributed by atoms with van der Waals surface area (Å²) in [6.07, 6.45) is -0.638. The molecule has 1 aromatic carbocycles. The van der Waals surface area contributed by atoms with Crippen LogP contribution in [0.5, 0.6) is 0 Å². The summed E-state index contributed by atoms with van der Waals surface area (Å²) in [4.78, 5) is 23.3. The lowest BCUT2D eigenvalue weighted by Crippen LogP contribution is -2.28. The summed E-state index contributed by atoms with van der Waals surface area (Å²) in [5, 5.41) is 11.5. The number of esters is 1. The molecule has 0 saturated carbocycles. The van der Waals surface area contributed by atoms with Crippen LogP contribution in [-0.2, 0) is 20.8 Å². The molecule has 0 aliphatic heterocycles. The fourth-order valence-corrected chi connectivity index (χ4v) is 2.61. The average molecular weight is 365 g/mol. The lowest BCUT2D eigenvalue weighted by molar-refractivity contribution is -0.384. The first-order valence-electron chi connectivity index (χ1n) is 7.94. The van der Waals surface area contributed by atoms with E-state index in [1.165, 1.54) is 26.4 Å². The second-order valence-corrected chi connectivity index (χ2v) is 6.73. The molecule has 2 N–H and O–H groups in total. The van der Waals surface area contributed by atoms with E-state index >= 15 is 0 Å². The Morgan fingerprint density at radius 1 is 1.31 bits per heavy atom. The average Bonchev–Trinajstić information content (AvgIpc) is 2.82. The van der Waals surface area contributed by atoms with Gasteiger partial charge in [-0.1, -0.05) is 0 Å². The molecule has 0 fully saturated rings. The molecule has 1 aromatic heterocycles. The Labute approximate surface area is 150 Å². The predicted octanol–water partition coefficient (Wildman–Crippen LogP) is 2.71. The van der Waals surface area contributed by atoms with Crippen molar-refractivity contribution in [1.29, 1.82) is 0 Å². The summed E-state index contributed by atoms with van der Waals surface area (Å²) in [6.45, 7) is 5.39. The molecule has 0 aliphatic rings. The van der Waals surface area contributed by atoms with Gasteiger partial charge in [0.2, 0.25) is 0 Å². The molecule has 0 radical (unpaired) electrons. The number of nitro benzene ring substituents is 1. The van der Waals surface area contributed by atoms with Crippen molar-refractivity contribution in [3.63, 3.8) is 0 Å². The van der Waals surface area contributed by atoms with Crippen molar-refractivity contribution in [2.24, 2.45) is 0 Å². The van der Waals surface area contributed by atoms with Gasteiger partial charge in [0.25, 0.3) is 5.69 Å². The number of fused-ring (bicyclic) bond motifs is 1. The molecule has 2 rings (SSSR count). The Kier molecular flexibility index (Phi) is 5.53. The smallest absolute Gasteiger partial charge is 0.357 e. The predicted molar refractivity (Wildman–Crippen MR) is 96.0 cm³/mol. The molecule has 0 unspecified atom stereocenters. The van der Waals surface area contributed by atoms with Gasteiger partial charge >= 0.3 is 5.97 Å². The van der Waals surface area contributed by atoms with E-state index in [4.69, 9.17) is 19.9 Å². The van der Waals surface area contributed by atoms with Crippen LogP contribution in [0.3, 0.4) is 0 Å². The van der Waals surface area contributed by atoms with Crippen molar-refractivity contribution in [2.75, 3.05) is 20.0 Å². The Morgan fingerprint density at radius 2 is 1.92 bits per heavy atom. The van der Waals surface area contributed by atoms with Gasteiger partial charge in [-0.3, -0.25) is 10.1 Å². The SMILES string of the molecule is COC(Cn1c(C(=O)OC(C)(C)C)c(N)c2cc([N+](=O)[O-])ccc21)OC. The van der Waals surface area contributed by atoms with E-state index < -0.39 is 22.8 Å². The number of nitrogens with two attached hydrogens (primary N) is 1. The van der Waals surface area contributed by atoms with Gasteiger partial charge in [-0.2, -0.15) is 0 Å². The van der Waals surface area contributed by atoms with E-state index in [-0.39, 0.29) is 23.6 Å². The van der Waals surface area contributed by atoms with Gasteiger partial charge < -0.3 is 24.5 Å². The van der Waals surface area contributed by atoms with Crippen LogP contribution in [0.1, 0.15) is 31.3 Å². The number of hydrogen-bond donors (Lipinski definition) is 1. The Balaban J connectivity index is 2.68. The van der Waals surface area contributed by atoms with Crippen LogP contribution >= 0.6 is 0 Å². The van der Waals surface area contributed by atoms with Crippen LogP contribution in [0.2, 0.25) is 0 Å². The van der Waals surface area contributed by atoms with Gasteiger partial charge in [0.15, 0.2) is 12.0 Å². The number of anilines is 1. The second kappa shape index (κ2) is 7.30. The van der Waals surface area contributed by atoms with Crippen molar-refractivity contribution < 1.29 is 23.9 Å². The largest absolute Gasteiger partial charge is 0.455 e. The molecular weight excluding hydrogens is 342 g/mol. The molecule has 0 spiro atoms. The van der Waals surface area contributed by atoms with E-state index in [2.05, 4.69) is 0 Å². The summed E-state index contributed by atoms with van der Waals surface area (Å²) in [5.74, 6) is -0.625. The number of rotatable bonds is 6. The number of hydrogen-bond acceptors (Lipinski definition) is 7. The first kappa shape index (κ1) is 19.7. The fraction of sp³-hybridized carbons (Fsp3) is 0.471. The Bertz CT molecular complexity index is 833. The third-order valence-electron chi connectivity index (χ3n) is 3.75. The van der Waals surface area contributed by atoms with Crippen LogP contribution in [0.25, 0.3) is 10.9 Å². The van der Waals surface area contributed by atoms with Crippen LogP contribution in [-0.4, -0.2) is 41.6 Å². The molecule has 0 bridgehead atoms. The summed E-state index contributed by atoms with van der Waals surface area (Å²) in [6, 6.07) is 4.23. The number of ether oxygens (including phenoxy) is 3. The maximum absolute atomic E-state index is 12.7. The fourth-order valence-electron chi connectivity index (χ4n) is 2.61. The third kappa shape index (κ3) is 3.94. The minimum absolute atomic E-state index is 0.106. The molecule has 142 valence electrons. The molecule has 2 aromatic rings. The zero-order chi connectivity index (χ0) is 19.6. The van der Waals surface area contributed by atoms with E-state index in [9.17, 15) is 14.9 Å². The van der Waals surface area contributed by atoms with E-state index in [0.717, 1.165) is 0 Å². The molecule has 0 atom stereocenters. The molecule has 0 saturated heterocycles. The first-order chi connectivity index (χ1) is 12.1. The summed E-state index contributed by atoms with van der Waals surface area (Å²) in [5.41, 5.74) is 6.09. The second-order valence-electron chi connectivity index (χ2n) is 6.73. The van der Waals surface area contributed by atoms with Crippen molar-refractivity contribution in [2.45, 2.75) is 39.2 Å². The van der Waals surface area contributed by atoms with Crippen LogP contribution in [0, 0.1) is 10.1 Å². The zero-order valence-electron chi connectivity index (χ0n) is 15.4. The van der Waals surface area contributed by atoms with Gasteiger partial charge in [-0.25, -0.2) is 4.79 Å². The monoisotopic (exact) mass is 365 g/mol. The van der Waals surface area contributed by atoms with E-state index in [1.54, 1.807) is 31.4 Å². The molecule has 0 aliphatic carbocycles. The van der Waals surface area contributed by atoms with Crippen LogP contribution in [0.15, 0.2) is 18.2 Å². The summed E-state index contributed by atoms with van der Waals surface area (Å²) >= 11 is 0. The number of carbonyl (C=O) groups is 1. The normalized spacial score (nSPS) is 11.9. The van der Waals surface area contributed by atoms with E-state index in [1.807, 2.05) is 0 Å². The summed E-state index contributed by atoms with van der Waals surface area (Å²) in [7, 11) is 2.95. The highest BCUT2D eigenvalue weighted by molar-refractivity contribution is 6.06. The summed E-state index contributed by atoms with van der Waals surface area (Å²) < 4.78 is 17.5. The number of non-ortho nitro benzene ring substituents is 1. The maximum Gasteiger partial charge on any atom is 0.357 e. The number of aromatic nitrogens is 1. The van der Waals surface area contributed by atoms with Crippen molar-refractivity contribution in [3.8, 4) is 0 Å². The van der Waals surface area contributed by atoms with Gasteiger partial charge in [0, 0.05) is 31.7 Å². The molecule has 9 nitrogen and oxygen atoms in total. The molecule has 1 heterocycles. The zero-order valence-corrected chi connectivity index (χ0v) is 15.4.